The van der Waals surface area contributed by atoms with Crippen LogP contribution in [-0.2, 0) is 10.0 Å². The first-order chi connectivity index (χ1) is 16.8. The number of hydrogen-bond donors (Lipinski definition) is 1. The Kier molecular flexibility index (Phi) is 7.33. The van der Waals surface area contributed by atoms with Crippen molar-refractivity contribution < 1.29 is 17.2 Å². The number of fused-ring (bicyclic) bond motifs is 1. The molecule has 0 bridgehead atoms. The van der Waals surface area contributed by atoms with Gasteiger partial charge in [-0.15, -0.1) is 0 Å². The predicted molar refractivity (Wildman–Crippen MR) is 132 cm³/mol. The number of oxazole rings is 1. The minimum atomic E-state index is -4.31. The van der Waals surface area contributed by atoms with Crippen LogP contribution in [0.15, 0.2) is 56.8 Å². The van der Waals surface area contributed by atoms with Crippen molar-refractivity contribution in [3.05, 3.63) is 70.2 Å². The lowest BCUT2D eigenvalue weighted by molar-refractivity contribution is 0.489. The molecule has 0 aliphatic carbocycles. The van der Waals surface area contributed by atoms with E-state index in [-0.39, 0.29) is 16.2 Å². The lowest BCUT2D eigenvalue weighted by Gasteiger charge is -2.15. The molecule has 1 N–H and O–H groups in total. The van der Waals surface area contributed by atoms with E-state index in [1.54, 1.807) is 6.92 Å². The van der Waals surface area contributed by atoms with E-state index in [0.29, 0.717) is 0 Å². The quantitative estimate of drug-likeness (QED) is 0.264. The fourth-order valence-corrected chi connectivity index (χ4v) is 5.47. The second-order valence-corrected chi connectivity index (χ2v) is 10.3. The van der Waals surface area contributed by atoms with Crippen LogP contribution in [0.2, 0.25) is 0 Å². The molecule has 182 valence electrons. The third-order valence-electron chi connectivity index (χ3n) is 5.47. The van der Waals surface area contributed by atoms with Gasteiger partial charge in [0, 0.05) is 35.6 Å². The maximum Gasteiger partial charge on any atom is 0.420 e. The van der Waals surface area contributed by atoms with Gasteiger partial charge in [0.15, 0.2) is 5.58 Å². The third-order valence-corrected chi connectivity index (χ3v) is 7.53. The van der Waals surface area contributed by atoms with Crippen molar-refractivity contribution in [3.8, 4) is 11.8 Å². The monoisotopic (exact) mass is 514 g/mol. The maximum atomic E-state index is 15.0. The smallest absolute Gasteiger partial charge is 0.408 e. The van der Waals surface area contributed by atoms with E-state index in [9.17, 15) is 13.2 Å². The number of hydrogen-bond acceptors (Lipinski definition) is 7. The average Bonchev–Trinajstić information content (AvgIpc) is 3.44. The maximum absolute atomic E-state index is 15.0. The van der Waals surface area contributed by atoms with Crippen LogP contribution in [0, 0.1) is 17.7 Å². The number of aromatic nitrogens is 3. The third kappa shape index (κ3) is 5.28. The van der Waals surface area contributed by atoms with Crippen molar-refractivity contribution >= 4 is 37.8 Å². The van der Waals surface area contributed by atoms with Gasteiger partial charge in [0.25, 0.3) is 10.0 Å². The first kappa shape index (κ1) is 24.6. The molecule has 0 aliphatic heterocycles. The van der Waals surface area contributed by atoms with E-state index in [1.165, 1.54) is 10.9 Å². The fraction of sp³-hybridized carbons (Fsp3) is 0.292. The van der Waals surface area contributed by atoms with Crippen molar-refractivity contribution in [2.24, 2.45) is 0 Å². The fourth-order valence-electron chi connectivity index (χ4n) is 3.73. The van der Waals surface area contributed by atoms with Crippen LogP contribution < -0.4 is 10.5 Å². The zero-order chi connectivity index (χ0) is 25.0. The van der Waals surface area contributed by atoms with E-state index >= 15 is 4.39 Å². The Morgan fingerprint density at radius 2 is 2.06 bits per heavy atom. The minimum absolute atomic E-state index is 0.00967. The molecular formula is C24H23FN4O4S2. The Hall–Kier alpha value is -3.49. The van der Waals surface area contributed by atoms with Gasteiger partial charge in [0.05, 0.1) is 11.6 Å². The van der Waals surface area contributed by atoms with Crippen LogP contribution in [0.5, 0.6) is 0 Å². The van der Waals surface area contributed by atoms with Crippen LogP contribution in [0.3, 0.4) is 0 Å². The summed E-state index contributed by atoms with van der Waals surface area (Å²) in [6.07, 6.45) is 5.20. The summed E-state index contributed by atoms with van der Waals surface area (Å²) in [4.78, 5) is 15.9. The van der Waals surface area contributed by atoms with Crippen LogP contribution in [0.1, 0.15) is 56.7 Å². The van der Waals surface area contributed by atoms with Crippen molar-refractivity contribution in [2.75, 3.05) is 4.72 Å². The molecule has 11 heteroatoms. The molecule has 0 aliphatic rings. The summed E-state index contributed by atoms with van der Waals surface area (Å²) in [5, 5.41) is -0.00967. The predicted octanol–water partition coefficient (Wildman–Crippen LogP) is 4.93. The molecule has 2 aromatic carbocycles. The zero-order valence-corrected chi connectivity index (χ0v) is 20.7. The highest BCUT2D eigenvalue weighted by atomic mass is 32.2. The summed E-state index contributed by atoms with van der Waals surface area (Å²) in [7, 11) is -4.31. The zero-order valence-electron chi connectivity index (χ0n) is 19.1. The first-order valence-electron chi connectivity index (χ1n) is 11.0. The van der Waals surface area contributed by atoms with Crippen LogP contribution in [0.4, 0.5) is 9.52 Å². The Labute approximate surface area is 206 Å². The molecule has 8 nitrogen and oxygen atoms in total. The molecule has 0 amide bonds. The Morgan fingerprint density at radius 1 is 1.26 bits per heavy atom. The van der Waals surface area contributed by atoms with Crippen molar-refractivity contribution in [2.45, 2.75) is 50.5 Å². The van der Waals surface area contributed by atoms with E-state index in [1.807, 2.05) is 24.3 Å². The molecule has 0 saturated carbocycles. The van der Waals surface area contributed by atoms with Crippen LogP contribution in [0.25, 0.3) is 11.1 Å². The van der Waals surface area contributed by atoms with E-state index < -0.39 is 32.5 Å². The summed E-state index contributed by atoms with van der Waals surface area (Å²) < 4.78 is 52.8. The second kappa shape index (κ2) is 10.4. The minimum Gasteiger partial charge on any atom is -0.408 e. The van der Waals surface area contributed by atoms with Gasteiger partial charge in [0.2, 0.25) is 5.13 Å². The molecular weight excluding hydrogens is 491 g/mol. The second-order valence-electron chi connectivity index (χ2n) is 7.86. The number of halogens is 1. The van der Waals surface area contributed by atoms with Gasteiger partial charge in [-0.1, -0.05) is 49.8 Å². The number of benzene rings is 2. The van der Waals surface area contributed by atoms with Gasteiger partial charge >= 0.3 is 5.76 Å². The lowest BCUT2D eigenvalue weighted by Crippen LogP contribution is -2.20. The van der Waals surface area contributed by atoms with Gasteiger partial charge in [0.1, 0.15) is 17.0 Å². The molecule has 0 fully saturated rings. The van der Waals surface area contributed by atoms with Gasteiger partial charge in [-0.3, -0.25) is 9.29 Å². The highest BCUT2D eigenvalue weighted by Gasteiger charge is 2.26. The summed E-state index contributed by atoms with van der Waals surface area (Å²) in [6, 6.07) is 8.88. The summed E-state index contributed by atoms with van der Waals surface area (Å²) in [6.45, 7) is 3.92. The summed E-state index contributed by atoms with van der Waals surface area (Å²) >= 11 is 0.810. The van der Waals surface area contributed by atoms with Gasteiger partial charge in [-0.25, -0.2) is 22.6 Å². The molecule has 4 aromatic rings. The molecule has 0 saturated heterocycles. The van der Waals surface area contributed by atoms with Gasteiger partial charge in [-0.2, -0.15) is 4.37 Å². The number of nitrogens with zero attached hydrogens (tertiary/aromatic N) is 3. The molecule has 1 atom stereocenters. The molecule has 2 aromatic heterocycles. The number of unbranched alkanes of at least 4 members (excludes halogenated alkanes) is 3. The molecule has 4 rings (SSSR count). The van der Waals surface area contributed by atoms with E-state index in [4.69, 9.17) is 4.42 Å². The lowest BCUT2D eigenvalue weighted by atomic mass is 10.0. The number of anilines is 1. The van der Waals surface area contributed by atoms with E-state index in [2.05, 4.69) is 32.8 Å². The Balaban J connectivity index is 1.72. The number of nitrogens with one attached hydrogen (secondary N) is 1. The van der Waals surface area contributed by atoms with Crippen LogP contribution >= 0.6 is 11.5 Å². The average molecular weight is 515 g/mol. The highest BCUT2D eigenvalue weighted by molar-refractivity contribution is 7.93. The topological polar surface area (TPSA) is 107 Å². The highest BCUT2D eigenvalue weighted by Crippen LogP contribution is 2.29. The SMILES string of the molecule is CCCCCC#Cc1ccccc1[C@@H](C)n1c(=O)oc2cc(S(=O)(=O)Nc3ncns3)c(F)cc21. The van der Waals surface area contributed by atoms with E-state index in [0.717, 1.165) is 60.5 Å². The largest absolute Gasteiger partial charge is 0.420 e. The number of sulfonamides is 1. The molecule has 2 heterocycles. The van der Waals surface area contributed by atoms with Crippen LogP contribution in [-0.4, -0.2) is 22.3 Å². The van der Waals surface area contributed by atoms with Gasteiger partial charge in [-0.05, 0) is 25.0 Å². The molecule has 35 heavy (non-hydrogen) atoms. The van der Waals surface area contributed by atoms with Crippen molar-refractivity contribution in [1.82, 2.24) is 13.9 Å². The Bertz CT molecular complexity index is 1560. The summed E-state index contributed by atoms with van der Waals surface area (Å²) in [5.41, 5.74) is 1.62. The number of rotatable bonds is 8. The first-order valence-corrected chi connectivity index (χ1v) is 13.3. The van der Waals surface area contributed by atoms with Crippen molar-refractivity contribution in [1.29, 1.82) is 0 Å². The molecule has 0 unspecified atom stereocenters. The van der Waals surface area contributed by atoms with Gasteiger partial charge < -0.3 is 4.42 Å². The molecule has 0 radical (unpaired) electrons. The Morgan fingerprint density at radius 3 is 2.80 bits per heavy atom. The normalized spacial score (nSPS) is 12.3. The standard InChI is InChI=1S/C24H23FN4O4S2/c1-3-4-5-6-7-10-17-11-8-9-12-18(17)16(2)29-20-13-19(25)22(14-21(20)33-24(29)30)35(31,32)28-23-26-15-27-34-23/h8-9,11-16H,3-6H2,1-2H3,(H,26,27,28)/t16-/m1/s1. The van der Waals surface area contributed by atoms with Crippen molar-refractivity contribution in [3.63, 3.8) is 0 Å². The molecule has 0 spiro atoms. The summed E-state index contributed by atoms with van der Waals surface area (Å²) in [5.74, 6) is 4.59.